The molecule has 17 heavy (non-hydrogen) atoms. The number of nitrogens with two attached hydrogens (primary N) is 1. The summed E-state index contributed by atoms with van der Waals surface area (Å²) in [6, 6.07) is 8.01. The maximum Gasteiger partial charge on any atom is 0.227 e. The van der Waals surface area contributed by atoms with Gasteiger partial charge in [0.1, 0.15) is 0 Å². The van der Waals surface area contributed by atoms with E-state index in [9.17, 15) is 4.79 Å². The van der Waals surface area contributed by atoms with Crippen molar-refractivity contribution in [2.24, 2.45) is 5.73 Å². The third kappa shape index (κ3) is 3.98. The molecule has 0 unspecified atom stereocenters. The molecule has 1 aromatic carbocycles. The lowest BCUT2D eigenvalue weighted by Gasteiger charge is -2.15. The van der Waals surface area contributed by atoms with E-state index in [4.69, 9.17) is 5.73 Å². The number of hydrogen-bond acceptors (Lipinski definition) is 2. The van der Waals surface area contributed by atoms with Crippen molar-refractivity contribution in [2.45, 2.75) is 18.9 Å². The van der Waals surface area contributed by atoms with Gasteiger partial charge in [-0.05, 0) is 24.1 Å². The van der Waals surface area contributed by atoms with Crippen LogP contribution >= 0.6 is 28.3 Å². The lowest BCUT2D eigenvalue weighted by molar-refractivity contribution is -0.129. The van der Waals surface area contributed by atoms with Gasteiger partial charge in [-0.15, -0.1) is 12.4 Å². The summed E-state index contributed by atoms with van der Waals surface area (Å²) >= 11 is 3.37. The molecular formula is C12H16BrClN2O. The second-order valence-electron chi connectivity index (χ2n) is 4.19. The first kappa shape index (κ1) is 14.5. The summed E-state index contributed by atoms with van der Waals surface area (Å²) < 4.78 is 1.03. The lowest BCUT2D eigenvalue weighted by Crippen LogP contribution is -2.32. The number of nitrogens with zero attached hydrogens (tertiary/aromatic N) is 1. The zero-order chi connectivity index (χ0) is 11.5. The maximum atomic E-state index is 11.9. The van der Waals surface area contributed by atoms with Crippen molar-refractivity contribution in [1.82, 2.24) is 4.90 Å². The topological polar surface area (TPSA) is 46.3 Å². The molecule has 0 radical (unpaired) electrons. The number of rotatable bonds is 2. The smallest absolute Gasteiger partial charge is 0.227 e. The number of amides is 1. The number of hydrogen-bond donors (Lipinski definition) is 1. The molecular weight excluding hydrogens is 304 g/mol. The quantitative estimate of drug-likeness (QED) is 0.906. The predicted molar refractivity (Wildman–Crippen MR) is 74.3 cm³/mol. The maximum absolute atomic E-state index is 11.9. The Morgan fingerprint density at radius 2 is 2.06 bits per heavy atom. The van der Waals surface area contributed by atoms with Crippen LogP contribution in [-0.2, 0) is 11.2 Å². The SMILES string of the molecule is Cl.N[C@@H]1CCN(C(=O)Cc2ccc(Br)cc2)C1. The van der Waals surface area contributed by atoms with Crippen LogP contribution in [0.4, 0.5) is 0 Å². The summed E-state index contributed by atoms with van der Waals surface area (Å²) in [5, 5.41) is 0. The van der Waals surface area contributed by atoms with E-state index in [0.717, 1.165) is 23.0 Å². The first-order chi connectivity index (χ1) is 7.65. The Hall–Kier alpha value is -0.580. The van der Waals surface area contributed by atoms with Crippen LogP contribution in [0.1, 0.15) is 12.0 Å². The van der Waals surface area contributed by atoms with E-state index in [0.29, 0.717) is 13.0 Å². The Morgan fingerprint density at radius 3 is 2.59 bits per heavy atom. The molecule has 1 aromatic rings. The third-order valence-electron chi connectivity index (χ3n) is 2.85. The Balaban J connectivity index is 0.00000144. The molecule has 94 valence electrons. The van der Waals surface area contributed by atoms with Gasteiger partial charge in [0.2, 0.25) is 5.91 Å². The van der Waals surface area contributed by atoms with E-state index in [1.165, 1.54) is 0 Å². The van der Waals surface area contributed by atoms with E-state index < -0.39 is 0 Å². The molecule has 1 fully saturated rings. The summed E-state index contributed by atoms with van der Waals surface area (Å²) in [5.41, 5.74) is 6.83. The zero-order valence-corrected chi connectivity index (χ0v) is 11.8. The van der Waals surface area contributed by atoms with E-state index in [1.54, 1.807) is 0 Å². The normalized spacial score (nSPS) is 18.9. The molecule has 5 heteroatoms. The monoisotopic (exact) mass is 318 g/mol. The van der Waals surface area contributed by atoms with Crippen molar-refractivity contribution in [3.05, 3.63) is 34.3 Å². The standard InChI is InChI=1S/C12H15BrN2O.ClH/c13-10-3-1-9(2-4-10)7-12(16)15-6-5-11(14)8-15;/h1-4,11H,5-8,14H2;1H/t11-;/m1./s1. The summed E-state index contributed by atoms with van der Waals surface area (Å²) in [6.45, 7) is 1.51. The van der Waals surface area contributed by atoms with Crippen LogP contribution in [-0.4, -0.2) is 29.9 Å². The van der Waals surface area contributed by atoms with E-state index in [-0.39, 0.29) is 24.4 Å². The van der Waals surface area contributed by atoms with E-state index in [1.807, 2.05) is 29.2 Å². The first-order valence-corrected chi connectivity index (χ1v) is 6.22. The number of halogens is 2. The van der Waals surface area contributed by atoms with E-state index in [2.05, 4.69) is 15.9 Å². The van der Waals surface area contributed by atoms with Crippen molar-refractivity contribution in [1.29, 1.82) is 0 Å². The number of benzene rings is 1. The molecule has 1 atom stereocenters. The number of likely N-dealkylation sites (tertiary alicyclic amines) is 1. The van der Waals surface area contributed by atoms with Crippen LogP contribution in [0.2, 0.25) is 0 Å². The Kier molecular flexibility index (Phi) is 5.43. The highest BCUT2D eigenvalue weighted by Crippen LogP contribution is 2.13. The average Bonchev–Trinajstić information content (AvgIpc) is 2.68. The summed E-state index contributed by atoms with van der Waals surface area (Å²) in [6.07, 6.45) is 1.39. The molecule has 0 aliphatic carbocycles. The Labute approximate surface area is 116 Å². The highest BCUT2D eigenvalue weighted by molar-refractivity contribution is 9.10. The largest absolute Gasteiger partial charge is 0.341 e. The Bertz CT molecular complexity index is 383. The van der Waals surface area contributed by atoms with Crippen LogP contribution in [0.15, 0.2) is 28.7 Å². The second kappa shape index (κ2) is 6.38. The second-order valence-corrected chi connectivity index (χ2v) is 5.11. The van der Waals surface area contributed by atoms with Crippen LogP contribution in [0.5, 0.6) is 0 Å². The van der Waals surface area contributed by atoms with Gasteiger partial charge in [0.15, 0.2) is 0 Å². The van der Waals surface area contributed by atoms with Crippen molar-refractivity contribution in [2.75, 3.05) is 13.1 Å². The summed E-state index contributed by atoms with van der Waals surface area (Å²) in [7, 11) is 0. The van der Waals surface area contributed by atoms with Gasteiger partial charge in [0.05, 0.1) is 6.42 Å². The molecule has 0 bridgehead atoms. The van der Waals surface area contributed by atoms with Gasteiger partial charge in [0.25, 0.3) is 0 Å². The zero-order valence-electron chi connectivity index (χ0n) is 9.43. The van der Waals surface area contributed by atoms with Crippen LogP contribution < -0.4 is 5.73 Å². The van der Waals surface area contributed by atoms with Gasteiger partial charge in [-0.3, -0.25) is 4.79 Å². The van der Waals surface area contributed by atoms with Gasteiger partial charge in [-0.25, -0.2) is 0 Å². The fraction of sp³-hybridized carbons (Fsp3) is 0.417. The minimum absolute atomic E-state index is 0. The van der Waals surface area contributed by atoms with Crippen molar-refractivity contribution in [3.63, 3.8) is 0 Å². The first-order valence-electron chi connectivity index (χ1n) is 5.43. The summed E-state index contributed by atoms with van der Waals surface area (Å²) in [4.78, 5) is 13.8. The molecule has 1 saturated heterocycles. The van der Waals surface area contributed by atoms with Gasteiger partial charge < -0.3 is 10.6 Å². The molecule has 0 saturated carbocycles. The Morgan fingerprint density at radius 1 is 1.41 bits per heavy atom. The van der Waals surface area contributed by atoms with Crippen LogP contribution in [0, 0.1) is 0 Å². The molecule has 0 aromatic heterocycles. The molecule has 2 N–H and O–H groups in total. The summed E-state index contributed by atoms with van der Waals surface area (Å²) in [5.74, 6) is 0.176. The molecule has 1 aliphatic rings. The molecule has 0 spiro atoms. The molecule has 3 nitrogen and oxygen atoms in total. The molecule has 1 heterocycles. The number of carbonyl (C=O) groups is 1. The van der Waals surface area contributed by atoms with Gasteiger partial charge in [-0.2, -0.15) is 0 Å². The highest BCUT2D eigenvalue weighted by Gasteiger charge is 2.23. The van der Waals surface area contributed by atoms with Crippen molar-refractivity contribution in [3.8, 4) is 0 Å². The molecule has 2 rings (SSSR count). The van der Waals surface area contributed by atoms with Gasteiger partial charge in [0, 0.05) is 23.6 Å². The van der Waals surface area contributed by atoms with Gasteiger partial charge in [-0.1, -0.05) is 28.1 Å². The van der Waals surface area contributed by atoms with E-state index >= 15 is 0 Å². The molecule has 1 aliphatic heterocycles. The van der Waals surface area contributed by atoms with Crippen molar-refractivity contribution < 1.29 is 4.79 Å². The minimum atomic E-state index is 0. The van der Waals surface area contributed by atoms with Crippen molar-refractivity contribution >= 4 is 34.2 Å². The van der Waals surface area contributed by atoms with Gasteiger partial charge >= 0.3 is 0 Å². The highest BCUT2D eigenvalue weighted by atomic mass is 79.9. The van der Waals surface area contributed by atoms with Crippen LogP contribution in [0.3, 0.4) is 0 Å². The number of carbonyl (C=O) groups excluding carboxylic acids is 1. The fourth-order valence-electron chi connectivity index (χ4n) is 1.90. The predicted octanol–water partition coefficient (Wildman–Crippen LogP) is 1.97. The average molecular weight is 320 g/mol. The molecule has 1 amide bonds. The fourth-order valence-corrected chi connectivity index (χ4v) is 2.17. The third-order valence-corrected chi connectivity index (χ3v) is 3.37. The van der Waals surface area contributed by atoms with Crippen LogP contribution in [0.25, 0.3) is 0 Å². The lowest BCUT2D eigenvalue weighted by atomic mass is 10.1. The minimum Gasteiger partial charge on any atom is -0.341 e.